The van der Waals surface area contributed by atoms with Crippen molar-refractivity contribution in [1.29, 1.82) is 0 Å². The fourth-order valence-electron chi connectivity index (χ4n) is 5.26. The van der Waals surface area contributed by atoms with Gasteiger partial charge in [-0.2, -0.15) is 4.31 Å². The number of sulfonamides is 1. The minimum atomic E-state index is -3.65. The highest BCUT2D eigenvalue weighted by Gasteiger charge is 2.33. The predicted molar refractivity (Wildman–Crippen MR) is 137 cm³/mol. The molecule has 1 fully saturated rings. The van der Waals surface area contributed by atoms with Gasteiger partial charge in [-0.15, -0.1) is 10.2 Å². The number of piperazine rings is 1. The van der Waals surface area contributed by atoms with Crippen LogP contribution in [0.1, 0.15) is 19.4 Å². The lowest BCUT2D eigenvalue weighted by atomic mass is 10.1. The van der Waals surface area contributed by atoms with Crippen LogP contribution in [0.4, 0.5) is 11.5 Å². The molecule has 0 radical (unpaired) electrons. The summed E-state index contributed by atoms with van der Waals surface area (Å²) in [7, 11) is -3.65. The van der Waals surface area contributed by atoms with Gasteiger partial charge in [-0.3, -0.25) is 4.79 Å². The van der Waals surface area contributed by atoms with Crippen molar-refractivity contribution in [3.63, 3.8) is 0 Å². The Bertz CT molecular complexity index is 1470. The Kier molecular flexibility index (Phi) is 5.76. The highest BCUT2D eigenvalue weighted by atomic mass is 32.2. The third-order valence-corrected chi connectivity index (χ3v) is 9.02. The van der Waals surface area contributed by atoms with Crippen LogP contribution in [0.15, 0.2) is 53.4 Å². The van der Waals surface area contributed by atoms with Crippen LogP contribution < -0.4 is 19.3 Å². The molecule has 11 heteroatoms. The highest BCUT2D eigenvalue weighted by molar-refractivity contribution is 7.89. The first-order valence-corrected chi connectivity index (χ1v) is 13.7. The molecule has 1 atom stereocenters. The summed E-state index contributed by atoms with van der Waals surface area (Å²) in [5.74, 6) is 2.07. The van der Waals surface area contributed by atoms with Crippen LogP contribution in [0, 0.1) is 0 Å². The number of fused-ring (bicyclic) bond motifs is 2. The number of ether oxygens (including phenoxy) is 2. The highest BCUT2D eigenvalue weighted by Crippen LogP contribution is 2.36. The zero-order valence-electron chi connectivity index (χ0n) is 20.6. The molecular weight excluding hydrogens is 494 g/mol. The molecule has 1 saturated heterocycles. The van der Waals surface area contributed by atoms with Crippen molar-refractivity contribution in [2.24, 2.45) is 0 Å². The number of amides is 1. The van der Waals surface area contributed by atoms with Crippen molar-refractivity contribution in [3.8, 4) is 22.8 Å². The van der Waals surface area contributed by atoms with Gasteiger partial charge in [-0.1, -0.05) is 0 Å². The van der Waals surface area contributed by atoms with E-state index < -0.39 is 10.0 Å². The second-order valence-electron chi connectivity index (χ2n) is 9.47. The van der Waals surface area contributed by atoms with Crippen LogP contribution in [-0.2, 0) is 21.2 Å². The lowest BCUT2D eigenvalue weighted by Gasteiger charge is -2.34. The van der Waals surface area contributed by atoms with Crippen LogP contribution in [0.5, 0.6) is 11.5 Å². The molecule has 2 aromatic carbocycles. The molecule has 0 aliphatic carbocycles. The van der Waals surface area contributed by atoms with Crippen molar-refractivity contribution in [1.82, 2.24) is 14.5 Å². The summed E-state index contributed by atoms with van der Waals surface area (Å²) in [6, 6.07) is 14.6. The van der Waals surface area contributed by atoms with Crippen molar-refractivity contribution in [2.75, 3.05) is 42.8 Å². The number of carbonyl (C=O) groups is 1. The molecule has 0 saturated carbocycles. The second kappa shape index (κ2) is 9.00. The largest absolute Gasteiger partial charge is 0.454 e. The monoisotopic (exact) mass is 521 g/mol. The maximum Gasteiger partial charge on any atom is 0.243 e. The second-order valence-corrected chi connectivity index (χ2v) is 11.4. The van der Waals surface area contributed by atoms with Gasteiger partial charge in [0.25, 0.3) is 0 Å². The van der Waals surface area contributed by atoms with E-state index in [9.17, 15) is 13.2 Å². The van der Waals surface area contributed by atoms with Gasteiger partial charge in [-0.05, 0) is 67.4 Å². The van der Waals surface area contributed by atoms with Gasteiger partial charge in [0.2, 0.25) is 22.7 Å². The number of benzene rings is 2. The van der Waals surface area contributed by atoms with Crippen LogP contribution >= 0.6 is 0 Å². The molecule has 3 aromatic rings. The fourth-order valence-corrected chi connectivity index (χ4v) is 6.73. The molecule has 3 aliphatic heterocycles. The number of anilines is 2. The normalized spacial score (nSPS) is 19.2. The zero-order chi connectivity index (χ0) is 25.7. The van der Waals surface area contributed by atoms with Crippen LogP contribution in [-0.4, -0.2) is 67.8 Å². The lowest BCUT2D eigenvalue weighted by Crippen LogP contribution is -2.49. The predicted octanol–water partition coefficient (Wildman–Crippen LogP) is 2.68. The average molecular weight is 522 g/mol. The van der Waals surface area contributed by atoms with Gasteiger partial charge in [0.15, 0.2) is 17.3 Å². The van der Waals surface area contributed by atoms with E-state index in [0.717, 1.165) is 22.5 Å². The fraction of sp³-hybridized carbons (Fsp3) is 0.346. The first kappa shape index (κ1) is 23.7. The summed E-state index contributed by atoms with van der Waals surface area (Å²) in [5.41, 5.74) is 3.29. The number of hydrogen-bond donors (Lipinski definition) is 0. The Morgan fingerprint density at radius 2 is 1.73 bits per heavy atom. The Morgan fingerprint density at radius 1 is 0.946 bits per heavy atom. The van der Waals surface area contributed by atoms with E-state index in [1.54, 1.807) is 23.1 Å². The van der Waals surface area contributed by atoms with Gasteiger partial charge in [-0.25, -0.2) is 8.42 Å². The Balaban J connectivity index is 1.13. The summed E-state index contributed by atoms with van der Waals surface area (Å²) in [6.07, 6.45) is 0.646. The van der Waals surface area contributed by atoms with Crippen molar-refractivity contribution < 1.29 is 22.7 Å². The number of nitrogens with zero attached hydrogens (tertiary/aromatic N) is 5. The number of carbonyl (C=O) groups excluding carboxylic acids is 1. The number of rotatable bonds is 4. The topological polar surface area (TPSA) is 105 Å². The summed E-state index contributed by atoms with van der Waals surface area (Å²) in [5, 5.41) is 8.76. The van der Waals surface area contributed by atoms with Gasteiger partial charge in [0.05, 0.1) is 10.6 Å². The van der Waals surface area contributed by atoms with Crippen LogP contribution in [0.2, 0.25) is 0 Å². The first-order chi connectivity index (χ1) is 17.8. The van der Waals surface area contributed by atoms with E-state index in [0.29, 0.717) is 49.9 Å². The molecule has 1 amide bonds. The Morgan fingerprint density at radius 3 is 2.46 bits per heavy atom. The van der Waals surface area contributed by atoms with Gasteiger partial charge < -0.3 is 19.3 Å². The SMILES string of the molecule is CC(=O)N1c2ccc(S(=O)(=O)N3CCN(c4ccc(-c5ccc6c(c5)OCO6)nn4)CC3)cc2CC1C. The molecule has 10 nitrogen and oxygen atoms in total. The molecule has 37 heavy (non-hydrogen) atoms. The van der Waals surface area contributed by atoms with E-state index in [1.807, 2.05) is 42.2 Å². The lowest BCUT2D eigenvalue weighted by molar-refractivity contribution is -0.116. The summed E-state index contributed by atoms with van der Waals surface area (Å²) < 4.78 is 39.1. The van der Waals surface area contributed by atoms with E-state index in [-0.39, 0.29) is 23.6 Å². The third kappa shape index (κ3) is 4.17. The first-order valence-electron chi connectivity index (χ1n) is 12.2. The molecule has 1 unspecified atom stereocenters. The molecular formula is C26H27N5O5S. The zero-order valence-corrected chi connectivity index (χ0v) is 21.4. The minimum Gasteiger partial charge on any atom is -0.454 e. The Labute approximate surface area is 215 Å². The summed E-state index contributed by atoms with van der Waals surface area (Å²) in [6.45, 7) is 5.44. The molecule has 4 heterocycles. The van der Waals surface area contributed by atoms with Crippen LogP contribution in [0.25, 0.3) is 11.3 Å². The van der Waals surface area contributed by atoms with E-state index in [4.69, 9.17) is 9.47 Å². The maximum absolute atomic E-state index is 13.4. The van der Waals surface area contributed by atoms with Crippen molar-refractivity contribution >= 4 is 27.4 Å². The molecule has 6 rings (SSSR count). The quantitative estimate of drug-likeness (QED) is 0.516. The van der Waals surface area contributed by atoms with Gasteiger partial charge in [0.1, 0.15) is 0 Å². The number of aromatic nitrogens is 2. The standard InChI is InChI=1S/C26H27N5O5S/c1-17-13-20-14-21(4-6-23(20)31(17)18(2)32)37(33,34)30-11-9-29(10-12-30)26-8-5-22(27-28-26)19-3-7-24-25(15-19)36-16-35-24/h3-8,14-15,17H,9-13,16H2,1-2H3. The third-order valence-electron chi connectivity index (χ3n) is 7.13. The number of hydrogen-bond acceptors (Lipinski definition) is 8. The van der Waals surface area contributed by atoms with Crippen LogP contribution in [0.3, 0.4) is 0 Å². The van der Waals surface area contributed by atoms with E-state index in [2.05, 4.69) is 10.2 Å². The molecule has 192 valence electrons. The average Bonchev–Trinajstić information content (AvgIpc) is 3.51. The summed E-state index contributed by atoms with van der Waals surface area (Å²) in [4.78, 5) is 16.0. The Hall–Kier alpha value is -3.70. The van der Waals surface area contributed by atoms with E-state index in [1.165, 1.54) is 11.2 Å². The van der Waals surface area contributed by atoms with E-state index >= 15 is 0 Å². The summed E-state index contributed by atoms with van der Waals surface area (Å²) >= 11 is 0. The minimum absolute atomic E-state index is 0.0199. The van der Waals surface area contributed by atoms with Gasteiger partial charge in [0, 0.05) is 50.4 Å². The molecule has 0 spiro atoms. The molecule has 0 N–H and O–H groups in total. The molecule has 1 aromatic heterocycles. The molecule has 0 bridgehead atoms. The molecule has 3 aliphatic rings. The van der Waals surface area contributed by atoms with Crippen molar-refractivity contribution in [2.45, 2.75) is 31.2 Å². The van der Waals surface area contributed by atoms with Crippen molar-refractivity contribution in [3.05, 3.63) is 54.1 Å². The van der Waals surface area contributed by atoms with Gasteiger partial charge >= 0.3 is 0 Å². The maximum atomic E-state index is 13.4. The smallest absolute Gasteiger partial charge is 0.243 e.